The van der Waals surface area contributed by atoms with E-state index in [0.717, 1.165) is 28.3 Å². The van der Waals surface area contributed by atoms with E-state index in [4.69, 9.17) is 9.47 Å². The number of nitrogens with one attached hydrogen (secondary N) is 1. The van der Waals surface area contributed by atoms with Crippen LogP contribution in [0.15, 0.2) is 42.6 Å². The van der Waals surface area contributed by atoms with E-state index in [-0.39, 0.29) is 12.5 Å². The molecule has 0 bridgehead atoms. The zero-order valence-corrected chi connectivity index (χ0v) is 14.2. The van der Waals surface area contributed by atoms with E-state index in [1.165, 1.54) is 7.11 Å². The Kier molecular flexibility index (Phi) is 5.25. The van der Waals surface area contributed by atoms with Gasteiger partial charge in [0.1, 0.15) is 23.7 Å². The fraction of sp³-hybridized carbons (Fsp3) is 0.278. The highest BCUT2D eigenvalue weighted by Gasteiger charge is 2.13. The normalized spacial score (nSPS) is 10.8. The lowest BCUT2D eigenvalue weighted by atomic mass is 10.2. The molecule has 0 aliphatic rings. The molecular weight excluding hydrogens is 320 g/mol. The van der Waals surface area contributed by atoms with E-state index in [9.17, 15) is 4.79 Å². The number of aromatic nitrogens is 3. The van der Waals surface area contributed by atoms with Crippen molar-refractivity contribution in [3.63, 3.8) is 0 Å². The van der Waals surface area contributed by atoms with Crippen molar-refractivity contribution < 1.29 is 14.3 Å². The predicted molar refractivity (Wildman–Crippen MR) is 93.3 cm³/mol. The summed E-state index contributed by atoms with van der Waals surface area (Å²) in [5, 5.41) is 2.81. The number of fused-ring (bicyclic) bond motifs is 1. The fourth-order valence-electron chi connectivity index (χ4n) is 2.62. The number of imidazole rings is 1. The van der Waals surface area contributed by atoms with E-state index in [1.54, 1.807) is 13.3 Å². The number of ether oxygens (including phenoxy) is 2. The number of benzene rings is 1. The largest absolute Gasteiger partial charge is 0.497 e. The van der Waals surface area contributed by atoms with Crippen molar-refractivity contribution in [1.29, 1.82) is 0 Å². The van der Waals surface area contributed by atoms with Crippen molar-refractivity contribution in [3.8, 4) is 5.75 Å². The van der Waals surface area contributed by atoms with Gasteiger partial charge in [-0.25, -0.2) is 9.97 Å². The van der Waals surface area contributed by atoms with E-state index < -0.39 is 0 Å². The third-order valence-electron chi connectivity index (χ3n) is 3.78. The molecule has 0 saturated heterocycles. The van der Waals surface area contributed by atoms with Crippen LogP contribution in [0.3, 0.4) is 0 Å². The molecule has 0 saturated carbocycles. The molecule has 130 valence electrons. The Morgan fingerprint density at radius 1 is 1.24 bits per heavy atom. The van der Waals surface area contributed by atoms with Crippen molar-refractivity contribution >= 4 is 17.1 Å². The molecule has 0 fully saturated rings. The number of hydrogen-bond donors (Lipinski definition) is 1. The third-order valence-corrected chi connectivity index (χ3v) is 3.78. The molecule has 7 nitrogen and oxygen atoms in total. The lowest BCUT2D eigenvalue weighted by Crippen LogP contribution is -2.28. The van der Waals surface area contributed by atoms with Crippen LogP contribution in [-0.2, 0) is 22.6 Å². The second-order valence-corrected chi connectivity index (χ2v) is 5.52. The van der Waals surface area contributed by atoms with Gasteiger partial charge in [-0.15, -0.1) is 0 Å². The highest BCUT2D eigenvalue weighted by molar-refractivity contribution is 5.77. The molecule has 3 aromatic rings. The van der Waals surface area contributed by atoms with Gasteiger partial charge < -0.3 is 19.4 Å². The first kappa shape index (κ1) is 16.9. The van der Waals surface area contributed by atoms with Crippen LogP contribution in [0.4, 0.5) is 0 Å². The first-order valence-corrected chi connectivity index (χ1v) is 7.90. The molecule has 0 atom stereocenters. The Morgan fingerprint density at radius 2 is 2.12 bits per heavy atom. The summed E-state index contributed by atoms with van der Waals surface area (Å²) in [7, 11) is 3.13. The van der Waals surface area contributed by atoms with Crippen LogP contribution >= 0.6 is 0 Å². The lowest BCUT2D eigenvalue weighted by Gasteiger charge is -2.10. The summed E-state index contributed by atoms with van der Waals surface area (Å²) < 4.78 is 12.1. The maximum absolute atomic E-state index is 11.7. The van der Waals surface area contributed by atoms with Crippen molar-refractivity contribution in [1.82, 2.24) is 19.9 Å². The lowest BCUT2D eigenvalue weighted by molar-refractivity contribution is -0.124. The smallest absolute Gasteiger partial charge is 0.246 e. The Bertz CT molecular complexity index is 876. The Balaban J connectivity index is 1.91. The summed E-state index contributed by atoms with van der Waals surface area (Å²) in [5.41, 5.74) is 2.64. The highest BCUT2D eigenvalue weighted by Crippen LogP contribution is 2.18. The second-order valence-electron chi connectivity index (χ2n) is 5.52. The summed E-state index contributed by atoms with van der Waals surface area (Å²) >= 11 is 0. The first-order chi connectivity index (χ1) is 12.2. The maximum atomic E-state index is 11.7. The van der Waals surface area contributed by atoms with Crippen molar-refractivity contribution in [2.75, 3.05) is 20.8 Å². The number of hydrogen-bond acceptors (Lipinski definition) is 5. The number of rotatable bonds is 7. The van der Waals surface area contributed by atoms with Crippen LogP contribution in [-0.4, -0.2) is 41.3 Å². The molecule has 1 N–H and O–H groups in total. The van der Waals surface area contributed by atoms with Crippen LogP contribution in [0.2, 0.25) is 0 Å². The highest BCUT2D eigenvalue weighted by atomic mass is 16.5. The minimum Gasteiger partial charge on any atom is -0.497 e. The monoisotopic (exact) mass is 340 g/mol. The minimum atomic E-state index is -0.185. The summed E-state index contributed by atoms with van der Waals surface area (Å²) in [4.78, 5) is 20.7. The van der Waals surface area contributed by atoms with Crippen molar-refractivity contribution in [2.45, 2.75) is 13.1 Å². The summed E-state index contributed by atoms with van der Waals surface area (Å²) in [6, 6.07) is 11.6. The molecule has 3 rings (SSSR count). The maximum Gasteiger partial charge on any atom is 0.246 e. The SMILES string of the molecule is COCC(=O)NCc1nc2cccnc2n1Cc1cccc(OC)c1. The topological polar surface area (TPSA) is 78.3 Å². The molecule has 0 spiro atoms. The average Bonchev–Trinajstić information content (AvgIpc) is 2.98. The molecule has 2 aromatic heterocycles. The van der Waals surface area contributed by atoms with Crippen molar-refractivity contribution in [3.05, 3.63) is 54.0 Å². The van der Waals surface area contributed by atoms with Crippen molar-refractivity contribution in [2.24, 2.45) is 0 Å². The molecule has 7 heteroatoms. The van der Waals surface area contributed by atoms with Crippen LogP contribution in [0.25, 0.3) is 11.2 Å². The molecule has 0 radical (unpaired) electrons. The van der Waals surface area contributed by atoms with Gasteiger partial charge in [-0.05, 0) is 29.8 Å². The number of nitrogens with zero attached hydrogens (tertiary/aromatic N) is 3. The molecule has 25 heavy (non-hydrogen) atoms. The zero-order valence-electron chi connectivity index (χ0n) is 14.2. The quantitative estimate of drug-likeness (QED) is 0.709. The van der Waals surface area contributed by atoms with Gasteiger partial charge in [0.2, 0.25) is 5.91 Å². The zero-order chi connectivity index (χ0) is 17.6. The third kappa shape index (κ3) is 3.95. The van der Waals surface area contributed by atoms with Gasteiger partial charge >= 0.3 is 0 Å². The van der Waals surface area contributed by atoms with Crippen LogP contribution in [0.5, 0.6) is 5.75 Å². The van der Waals surface area contributed by atoms with Gasteiger partial charge in [0, 0.05) is 13.3 Å². The van der Waals surface area contributed by atoms with Gasteiger partial charge in [0.05, 0.1) is 20.2 Å². The standard InChI is InChI=1S/C18H20N4O3/c1-24-12-17(23)20-10-16-21-15-7-4-8-19-18(15)22(16)11-13-5-3-6-14(9-13)25-2/h3-9H,10-12H2,1-2H3,(H,20,23). The van der Waals surface area contributed by atoms with Crippen LogP contribution < -0.4 is 10.1 Å². The molecule has 0 aliphatic carbocycles. The minimum absolute atomic E-state index is 0.0222. The Labute approximate surface area is 145 Å². The first-order valence-electron chi connectivity index (χ1n) is 7.90. The number of amides is 1. The van der Waals surface area contributed by atoms with E-state index in [1.807, 2.05) is 41.0 Å². The van der Waals surface area contributed by atoms with E-state index in [0.29, 0.717) is 13.1 Å². The summed E-state index contributed by atoms with van der Waals surface area (Å²) in [5.74, 6) is 1.35. The number of pyridine rings is 1. The molecule has 0 unspecified atom stereocenters. The van der Waals surface area contributed by atoms with Crippen LogP contribution in [0.1, 0.15) is 11.4 Å². The predicted octanol–water partition coefficient (Wildman–Crippen LogP) is 1.75. The molecular formula is C18H20N4O3. The number of carbonyl (C=O) groups excluding carboxylic acids is 1. The summed E-state index contributed by atoms with van der Waals surface area (Å²) in [6.07, 6.45) is 1.74. The van der Waals surface area contributed by atoms with Gasteiger partial charge in [0.15, 0.2) is 5.65 Å². The fourth-order valence-corrected chi connectivity index (χ4v) is 2.62. The van der Waals surface area contributed by atoms with Gasteiger partial charge in [0.25, 0.3) is 0 Å². The summed E-state index contributed by atoms with van der Waals surface area (Å²) in [6.45, 7) is 0.914. The Hall–Kier alpha value is -2.93. The number of carbonyl (C=O) groups is 1. The molecule has 2 heterocycles. The van der Waals surface area contributed by atoms with E-state index >= 15 is 0 Å². The van der Waals surface area contributed by atoms with Crippen LogP contribution in [0, 0.1) is 0 Å². The van der Waals surface area contributed by atoms with Gasteiger partial charge in [-0.2, -0.15) is 0 Å². The average molecular weight is 340 g/mol. The van der Waals surface area contributed by atoms with Gasteiger partial charge in [-0.1, -0.05) is 12.1 Å². The Morgan fingerprint density at radius 3 is 2.92 bits per heavy atom. The molecule has 1 aromatic carbocycles. The molecule has 1 amide bonds. The molecule has 0 aliphatic heterocycles. The second kappa shape index (κ2) is 7.76. The van der Waals surface area contributed by atoms with Gasteiger partial charge in [-0.3, -0.25) is 4.79 Å². The van der Waals surface area contributed by atoms with E-state index in [2.05, 4.69) is 15.3 Å². The number of methoxy groups -OCH3 is 2.